The van der Waals surface area contributed by atoms with Crippen molar-refractivity contribution in [2.75, 3.05) is 5.32 Å². The van der Waals surface area contributed by atoms with Crippen LogP contribution in [0.4, 0.5) is 18.3 Å². The second-order valence-corrected chi connectivity index (χ2v) is 7.14. The predicted octanol–water partition coefficient (Wildman–Crippen LogP) is 3.64. The summed E-state index contributed by atoms with van der Waals surface area (Å²) >= 11 is 1.20. The van der Waals surface area contributed by atoms with Crippen LogP contribution >= 0.6 is 11.3 Å². The van der Waals surface area contributed by atoms with Crippen molar-refractivity contribution in [3.8, 4) is 0 Å². The molecule has 0 spiro atoms. The van der Waals surface area contributed by atoms with Crippen molar-refractivity contribution in [2.45, 2.75) is 57.7 Å². The Morgan fingerprint density at radius 2 is 2.21 bits per heavy atom. The van der Waals surface area contributed by atoms with Crippen molar-refractivity contribution in [1.29, 1.82) is 0 Å². The molecule has 9 heteroatoms. The Bertz CT molecular complexity index is 770. The van der Waals surface area contributed by atoms with Crippen LogP contribution in [0.5, 0.6) is 0 Å². The van der Waals surface area contributed by atoms with E-state index in [9.17, 15) is 18.0 Å². The van der Waals surface area contributed by atoms with Crippen molar-refractivity contribution < 1.29 is 13.2 Å². The third-order valence-corrected chi connectivity index (χ3v) is 5.11. The second kappa shape index (κ2) is 6.70. The molecule has 0 bridgehead atoms. The standard InChI is InChI=1S/C15H19F3N4OS/c1-2-4-10-8-12(23)22-14(20-10)24-13(21-22)19-11-6-3-5-9(7-11)15(16,17)18/h8-9,11H,2-7H2,1H3,(H,19,21). The summed E-state index contributed by atoms with van der Waals surface area (Å²) in [5.74, 6) is -1.27. The van der Waals surface area contributed by atoms with E-state index in [1.807, 2.05) is 6.92 Å². The lowest BCUT2D eigenvalue weighted by atomic mass is 9.85. The monoisotopic (exact) mass is 360 g/mol. The van der Waals surface area contributed by atoms with Crippen molar-refractivity contribution in [3.63, 3.8) is 0 Å². The fourth-order valence-electron chi connectivity index (χ4n) is 3.09. The van der Waals surface area contributed by atoms with Crippen LogP contribution in [0.1, 0.15) is 44.7 Å². The van der Waals surface area contributed by atoms with Gasteiger partial charge in [0.15, 0.2) is 0 Å². The Morgan fingerprint density at radius 1 is 1.42 bits per heavy atom. The number of halogens is 3. The van der Waals surface area contributed by atoms with E-state index >= 15 is 0 Å². The summed E-state index contributed by atoms with van der Waals surface area (Å²) in [6.07, 6.45) is -1.12. The Balaban J connectivity index is 1.78. The molecule has 3 rings (SSSR count). The van der Waals surface area contributed by atoms with Gasteiger partial charge in [0.25, 0.3) is 5.56 Å². The van der Waals surface area contributed by atoms with Gasteiger partial charge in [0.05, 0.1) is 5.92 Å². The number of nitrogens with one attached hydrogen (secondary N) is 1. The normalized spacial score (nSPS) is 22.0. The number of hydrogen-bond donors (Lipinski definition) is 1. The van der Waals surface area contributed by atoms with Gasteiger partial charge in [-0.05, 0) is 25.7 Å². The van der Waals surface area contributed by atoms with Gasteiger partial charge in [-0.2, -0.15) is 17.7 Å². The molecule has 0 aromatic carbocycles. The van der Waals surface area contributed by atoms with E-state index in [2.05, 4.69) is 15.4 Å². The first-order chi connectivity index (χ1) is 11.4. The highest BCUT2D eigenvalue weighted by Gasteiger charge is 2.42. The highest BCUT2D eigenvalue weighted by atomic mass is 32.1. The zero-order valence-corrected chi connectivity index (χ0v) is 14.1. The molecule has 1 N–H and O–H groups in total. The summed E-state index contributed by atoms with van der Waals surface area (Å²) in [5, 5.41) is 7.67. The zero-order chi connectivity index (χ0) is 17.3. The molecular formula is C15H19F3N4OS. The van der Waals surface area contributed by atoms with E-state index in [0.29, 0.717) is 35.0 Å². The van der Waals surface area contributed by atoms with Crippen LogP contribution < -0.4 is 10.9 Å². The van der Waals surface area contributed by atoms with Crippen molar-refractivity contribution in [1.82, 2.24) is 14.6 Å². The Kier molecular flexibility index (Phi) is 4.80. The fourth-order valence-corrected chi connectivity index (χ4v) is 3.99. The summed E-state index contributed by atoms with van der Waals surface area (Å²) in [6, 6.07) is 1.18. The maximum atomic E-state index is 12.9. The smallest absolute Gasteiger partial charge is 0.357 e. The molecule has 2 heterocycles. The van der Waals surface area contributed by atoms with E-state index in [1.165, 1.54) is 21.9 Å². The Hall–Kier alpha value is -1.64. The number of fused-ring (bicyclic) bond motifs is 1. The highest BCUT2D eigenvalue weighted by molar-refractivity contribution is 7.20. The molecule has 5 nitrogen and oxygen atoms in total. The first-order valence-corrected chi connectivity index (χ1v) is 8.91. The van der Waals surface area contributed by atoms with Gasteiger partial charge in [0.2, 0.25) is 10.1 Å². The van der Waals surface area contributed by atoms with E-state index in [-0.39, 0.29) is 24.4 Å². The number of rotatable bonds is 4. The molecule has 2 aromatic heterocycles. The Labute approximate surface area is 140 Å². The van der Waals surface area contributed by atoms with Crippen LogP contribution in [0.25, 0.3) is 4.96 Å². The molecule has 2 atom stereocenters. The highest BCUT2D eigenvalue weighted by Crippen LogP contribution is 2.38. The Morgan fingerprint density at radius 3 is 2.92 bits per heavy atom. The molecule has 1 aliphatic carbocycles. The van der Waals surface area contributed by atoms with Gasteiger partial charge in [-0.1, -0.05) is 31.1 Å². The summed E-state index contributed by atoms with van der Waals surface area (Å²) in [7, 11) is 0. The van der Waals surface area contributed by atoms with Crippen LogP contribution in [0.15, 0.2) is 10.9 Å². The summed E-state index contributed by atoms with van der Waals surface area (Å²) in [4.78, 5) is 16.9. The van der Waals surface area contributed by atoms with Gasteiger partial charge < -0.3 is 5.32 Å². The predicted molar refractivity (Wildman–Crippen MR) is 86.6 cm³/mol. The number of hydrogen-bond acceptors (Lipinski definition) is 5. The zero-order valence-electron chi connectivity index (χ0n) is 13.3. The number of anilines is 1. The molecule has 0 aliphatic heterocycles. The van der Waals surface area contributed by atoms with Gasteiger partial charge in [-0.25, -0.2) is 4.98 Å². The number of aryl methyl sites for hydroxylation is 1. The SMILES string of the molecule is CCCc1cc(=O)n2nc(NC3CCCC(C(F)(F)F)C3)sc2n1. The molecule has 0 amide bonds. The van der Waals surface area contributed by atoms with Crippen LogP contribution in [0.3, 0.4) is 0 Å². The largest absolute Gasteiger partial charge is 0.391 e. The third-order valence-electron chi connectivity index (χ3n) is 4.27. The van der Waals surface area contributed by atoms with Gasteiger partial charge >= 0.3 is 6.18 Å². The average Bonchev–Trinajstić information content (AvgIpc) is 2.90. The van der Waals surface area contributed by atoms with Crippen LogP contribution in [-0.2, 0) is 6.42 Å². The van der Waals surface area contributed by atoms with Gasteiger partial charge in [0.1, 0.15) is 0 Å². The maximum absolute atomic E-state index is 12.9. The minimum absolute atomic E-state index is 0.0445. The van der Waals surface area contributed by atoms with Crippen LogP contribution in [0.2, 0.25) is 0 Å². The topological polar surface area (TPSA) is 59.3 Å². The lowest BCUT2D eigenvalue weighted by Gasteiger charge is -2.30. The number of nitrogens with zero attached hydrogens (tertiary/aromatic N) is 3. The maximum Gasteiger partial charge on any atom is 0.391 e. The lowest BCUT2D eigenvalue weighted by molar-refractivity contribution is -0.182. The van der Waals surface area contributed by atoms with Crippen LogP contribution in [-0.4, -0.2) is 26.8 Å². The molecule has 2 aromatic rings. The summed E-state index contributed by atoms with van der Waals surface area (Å²) in [6.45, 7) is 2.00. The van der Waals surface area contributed by atoms with Crippen LogP contribution in [0, 0.1) is 5.92 Å². The summed E-state index contributed by atoms with van der Waals surface area (Å²) in [5.41, 5.74) is 0.456. The minimum atomic E-state index is -4.15. The molecule has 1 aliphatic rings. The van der Waals surface area contributed by atoms with Gasteiger partial charge in [-0.15, -0.1) is 5.10 Å². The third kappa shape index (κ3) is 3.71. The molecular weight excluding hydrogens is 341 g/mol. The van der Waals surface area contributed by atoms with Gasteiger partial charge in [-0.3, -0.25) is 4.79 Å². The van der Waals surface area contributed by atoms with Crippen molar-refractivity contribution in [2.24, 2.45) is 5.92 Å². The minimum Gasteiger partial charge on any atom is -0.357 e. The van der Waals surface area contributed by atoms with E-state index in [0.717, 1.165) is 6.42 Å². The molecule has 0 saturated heterocycles. The molecule has 24 heavy (non-hydrogen) atoms. The van der Waals surface area contributed by atoms with E-state index in [1.54, 1.807) is 0 Å². The lowest BCUT2D eigenvalue weighted by Crippen LogP contribution is -2.34. The second-order valence-electron chi connectivity index (χ2n) is 6.18. The number of aromatic nitrogens is 3. The molecule has 0 radical (unpaired) electrons. The van der Waals surface area contributed by atoms with Crippen molar-refractivity contribution >= 4 is 21.4 Å². The average molecular weight is 360 g/mol. The fraction of sp³-hybridized carbons (Fsp3) is 0.667. The van der Waals surface area contributed by atoms with E-state index in [4.69, 9.17) is 0 Å². The van der Waals surface area contributed by atoms with E-state index < -0.39 is 12.1 Å². The molecule has 1 saturated carbocycles. The molecule has 2 unspecified atom stereocenters. The molecule has 132 valence electrons. The van der Waals surface area contributed by atoms with Gasteiger partial charge in [0, 0.05) is 17.8 Å². The first-order valence-electron chi connectivity index (χ1n) is 8.10. The molecule has 1 fully saturated rings. The summed E-state index contributed by atoms with van der Waals surface area (Å²) < 4.78 is 39.9. The number of alkyl halides is 3. The quantitative estimate of drug-likeness (QED) is 0.904. The van der Waals surface area contributed by atoms with Crippen molar-refractivity contribution in [3.05, 3.63) is 22.1 Å². The first kappa shape index (κ1) is 17.2.